The molecule has 1 saturated carbocycles. The molecule has 1 aromatic carbocycles. The van der Waals surface area contributed by atoms with Crippen molar-refractivity contribution in [1.82, 2.24) is 0 Å². The van der Waals surface area contributed by atoms with Gasteiger partial charge in [-0.1, -0.05) is 49.8 Å². The summed E-state index contributed by atoms with van der Waals surface area (Å²) in [6.45, 7) is 8.65. The molecule has 0 bridgehead atoms. The SMILES string of the molecule is COC(=O)C1C(CC(C)=C(C)c2ccccc2)C1(C)C. The van der Waals surface area contributed by atoms with Gasteiger partial charge in [-0.05, 0) is 42.7 Å². The third-order valence-corrected chi connectivity index (χ3v) is 4.88. The molecule has 2 nitrogen and oxygen atoms in total. The average Bonchev–Trinajstić information content (AvgIpc) is 2.99. The third-order valence-electron chi connectivity index (χ3n) is 4.88. The minimum atomic E-state index is -0.0647. The van der Waals surface area contributed by atoms with Gasteiger partial charge >= 0.3 is 5.97 Å². The van der Waals surface area contributed by atoms with Crippen LogP contribution in [-0.4, -0.2) is 13.1 Å². The molecule has 108 valence electrons. The lowest BCUT2D eigenvalue weighted by molar-refractivity contribution is -0.143. The second kappa shape index (κ2) is 5.43. The topological polar surface area (TPSA) is 26.3 Å². The molecule has 20 heavy (non-hydrogen) atoms. The molecule has 2 heteroatoms. The van der Waals surface area contributed by atoms with Gasteiger partial charge in [-0.3, -0.25) is 4.79 Å². The van der Waals surface area contributed by atoms with Crippen molar-refractivity contribution in [2.24, 2.45) is 17.3 Å². The number of carbonyl (C=O) groups excluding carboxylic acids is 1. The summed E-state index contributed by atoms with van der Waals surface area (Å²) in [7, 11) is 1.48. The van der Waals surface area contributed by atoms with E-state index in [1.54, 1.807) is 0 Å². The Bertz CT molecular complexity index is 526. The quantitative estimate of drug-likeness (QED) is 0.763. The fraction of sp³-hybridized carbons (Fsp3) is 0.500. The number of ether oxygens (including phenoxy) is 1. The van der Waals surface area contributed by atoms with E-state index in [1.165, 1.54) is 23.8 Å². The van der Waals surface area contributed by atoms with Gasteiger partial charge < -0.3 is 4.74 Å². The van der Waals surface area contributed by atoms with Crippen LogP contribution in [0, 0.1) is 17.3 Å². The average molecular weight is 272 g/mol. The number of rotatable bonds is 4. The van der Waals surface area contributed by atoms with Crippen LogP contribution < -0.4 is 0 Å². The van der Waals surface area contributed by atoms with Crippen molar-refractivity contribution in [1.29, 1.82) is 0 Å². The van der Waals surface area contributed by atoms with E-state index in [0.717, 1.165) is 6.42 Å². The molecule has 0 aromatic heterocycles. The van der Waals surface area contributed by atoms with Crippen molar-refractivity contribution < 1.29 is 9.53 Å². The minimum absolute atomic E-state index is 0.0472. The number of allylic oxidation sites excluding steroid dienone is 2. The summed E-state index contributed by atoms with van der Waals surface area (Å²) < 4.78 is 4.91. The highest BCUT2D eigenvalue weighted by molar-refractivity contribution is 5.78. The molecule has 1 fully saturated rings. The van der Waals surface area contributed by atoms with Gasteiger partial charge in [-0.25, -0.2) is 0 Å². The summed E-state index contributed by atoms with van der Waals surface area (Å²) in [5, 5.41) is 0. The Hall–Kier alpha value is -1.57. The highest BCUT2D eigenvalue weighted by Crippen LogP contribution is 2.61. The molecule has 1 aliphatic rings. The van der Waals surface area contributed by atoms with Crippen molar-refractivity contribution in [2.45, 2.75) is 34.1 Å². The summed E-state index contributed by atoms with van der Waals surface area (Å²) in [4.78, 5) is 11.8. The molecule has 2 atom stereocenters. The smallest absolute Gasteiger partial charge is 0.309 e. The van der Waals surface area contributed by atoms with E-state index in [2.05, 4.69) is 52.0 Å². The maximum atomic E-state index is 11.8. The zero-order valence-electron chi connectivity index (χ0n) is 13.1. The summed E-state index contributed by atoms with van der Waals surface area (Å²) in [6.07, 6.45) is 0.966. The van der Waals surface area contributed by atoms with Gasteiger partial charge in [0, 0.05) is 0 Å². The first kappa shape index (κ1) is 14.8. The normalized spacial score (nSPS) is 24.9. The molecule has 0 radical (unpaired) electrons. The molecular formula is C18H24O2. The van der Waals surface area contributed by atoms with Crippen LogP contribution in [0.15, 0.2) is 35.9 Å². The van der Waals surface area contributed by atoms with Crippen LogP contribution in [0.5, 0.6) is 0 Å². The van der Waals surface area contributed by atoms with E-state index < -0.39 is 0 Å². The fourth-order valence-corrected chi connectivity index (χ4v) is 3.14. The summed E-state index contributed by atoms with van der Waals surface area (Å²) in [5.41, 5.74) is 4.00. The second-order valence-corrected chi connectivity index (χ2v) is 6.40. The van der Waals surface area contributed by atoms with E-state index in [1.807, 2.05) is 6.07 Å². The Morgan fingerprint density at radius 1 is 1.20 bits per heavy atom. The van der Waals surface area contributed by atoms with Gasteiger partial charge in [0.1, 0.15) is 0 Å². The van der Waals surface area contributed by atoms with Gasteiger partial charge in [-0.2, -0.15) is 0 Å². The van der Waals surface area contributed by atoms with E-state index >= 15 is 0 Å². The Morgan fingerprint density at radius 3 is 2.35 bits per heavy atom. The zero-order valence-corrected chi connectivity index (χ0v) is 13.1. The van der Waals surface area contributed by atoms with Crippen molar-refractivity contribution >= 4 is 11.5 Å². The summed E-state index contributed by atoms with van der Waals surface area (Å²) >= 11 is 0. The van der Waals surface area contributed by atoms with Gasteiger partial charge in [0.25, 0.3) is 0 Å². The van der Waals surface area contributed by atoms with Crippen molar-refractivity contribution in [3.63, 3.8) is 0 Å². The Kier molecular flexibility index (Phi) is 4.03. The monoisotopic (exact) mass is 272 g/mol. The third kappa shape index (κ3) is 2.65. The van der Waals surface area contributed by atoms with Crippen molar-refractivity contribution in [2.75, 3.05) is 7.11 Å². The number of esters is 1. The van der Waals surface area contributed by atoms with E-state index in [-0.39, 0.29) is 17.3 Å². The van der Waals surface area contributed by atoms with Crippen molar-refractivity contribution in [3.05, 3.63) is 41.5 Å². The number of methoxy groups -OCH3 is 1. The molecular weight excluding hydrogens is 248 g/mol. The van der Waals surface area contributed by atoms with Gasteiger partial charge in [0.15, 0.2) is 0 Å². The van der Waals surface area contributed by atoms with Crippen LogP contribution >= 0.6 is 0 Å². The predicted octanol–water partition coefficient (Wildman–Crippen LogP) is 4.32. The molecule has 0 amide bonds. The van der Waals surface area contributed by atoms with Crippen LogP contribution in [0.2, 0.25) is 0 Å². The van der Waals surface area contributed by atoms with E-state index in [9.17, 15) is 4.79 Å². The summed E-state index contributed by atoms with van der Waals surface area (Å²) in [6, 6.07) is 10.4. The Balaban J connectivity index is 2.13. The Labute approximate surface area is 121 Å². The van der Waals surface area contributed by atoms with E-state index in [4.69, 9.17) is 4.74 Å². The lowest BCUT2D eigenvalue weighted by Crippen LogP contribution is -2.07. The highest BCUT2D eigenvalue weighted by Gasteiger charge is 2.61. The molecule has 0 aliphatic heterocycles. The minimum Gasteiger partial charge on any atom is -0.469 e. The molecule has 0 N–H and O–H groups in total. The zero-order chi connectivity index (χ0) is 14.9. The molecule has 2 rings (SSSR count). The van der Waals surface area contributed by atoms with Gasteiger partial charge in [-0.15, -0.1) is 0 Å². The number of carbonyl (C=O) groups is 1. The summed E-state index contributed by atoms with van der Waals surface area (Å²) in [5.74, 6) is 0.379. The second-order valence-electron chi connectivity index (χ2n) is 6.40. The molecule has 0 heterocycles. The first-order chi connectivity index (χ1) is 9.39. The van der Waals surface area contributed by atoms with Crippen LogP contribution in [0.3, 0.4) is 0 Å². The Morgan fingerprint density at radius 2 is 1.80 bits per heavy atom. The number of hydrogen-bond acceptors (Lipinski definition) is 2. The largest absolute Gasteiger partial charge is 0.469 e. The van der Waals surface area contributed by atoms with E-state index in [0.29, 0.717) is 5.92 Å². The fourth-order valence-electron chi connectivity index (χ4n) is 3.14. The molecule has 1 aliphatic carbocycles. The first-order valence-electron chi connectivity index (χ1n) is 7.19. The predicted molar refractivity (Wildman–Crippen MR) is 82.1 cm³/mol. The van der Waals surface area contributed by atoms with Crippen LogP contribution in [-0.2, 0) is 9.53 Å². The van der Waals surface area contributed by atoms with Crippen molar-refractivity contribution in [3.8, 4) is 0 Å². The molecule has 2 unspecified atom stereocenters. The standard InChI is InChI=1S/C18H24O2/c1-12(13(2)14-9-7-6-8-10-14)11-15-16(17(19)20-5)18(15,3)4/h6-10,15-16H,11H2,1-5H3. The molecule has 1 aromatic rings. The van der Waals surface area contributed by atoms with Gasteiger partial charge in [0.2, 0.25) is 0 Å². The van der Waals surface area contributed by atoms with Crippen LogP contribution in [0.4, 0.5) is 0 Å². The molecule has 0 spiro atoms. The van der Waals surface area contributed by atoms with Crippen LogP contribution in [0.1, 0.15) is 39.7 Å². The number of hydrogen-bond donors (Lipinski definition) is 0. The van der Waals surface area contributed by atoms with Gasteiger partial charge in [0.05, 0.1) is 13.0 Å². The molecule has 0 saturated heterocycles. The maximum absolute atomic E-state index is 11.8. The lowest BCUT2D eigenvalue weighted by atomic mass is 9.96. The maximum Gasteiger partial charge on any atom is 0.309 e. The lowest BCUT2D eigenvalue weighted by Gasteiger charge is -2.09. The first-order valence-corrected chi connectivity index (χ1v) is 7.19. The highest BCUT2D eigenvalue weighted by atomic mass is 16.5. The number of benzene rings is 1. The van der Waals surface area contributed by atoms with Crippen LogP contribution in [0.25, 0.3) is 5.57 Å².